The molecule has 1 aliphatic rings. The van der Waals surface area contributed by atoms with E-state index in [0.29, 0.717) is 22.6 Å². The van der Waals surface area contributed by atoms with Gasteiger partial charge in [0.2, 0.25) is 5.91 Å². The van der Waals surface area contributed by atoms with Crippen LogP contribution in [0.1, 0.15) is 38.2 Å². The Labute approximate surface area is 177 Å². The minimum Gasteiger partial charge on any atom is -0.494 e. The molecule has 0 atom stereocenters. The molecule has 0 aliphatic heterocycles. The van der Waals surface area contributed by atoms with Gasteiger partial charge in [-0.3, -0.25) is 18.7 Å². The van der Waals surface area contributed by atoms with Crippen molar-refractivity contribution in [2.45, 2.75) is 51.7 Å². The summed E-state index contributed by atoms with van der Waals surface area (Å²) in [5.41, 5.74) is 0.488. The Balaban J connectivity index is 1.68. The second-order valence-corrected chi connectivity index (χ2v) is 8.44. The van der Waals surface area contributed by atoms with E-state index >= 15 is 0 Å². The van der Waals surface area contributed by atoms with Crippen molar-refractivity contribution in [1.29, 1.82) is 0 Å². The van der Waals surface area contributed by atoms with Crippen LogP contribution in [0.25, 0.3) is 10.2 Å². The first-order chi connectivity index (χ1) is 14.6. The zero-order valence-electron chi connectivity index (χ0n) is 16.9. The van der Waals surface area contributed by atoms with Crippen LogP contribution in [0.15, 0.2) is 45.3 Å². The molecule has 1 N–H and O–H groups in total. The van der Waals surface area contributed by atoms with E-state index in [1.165, 1.54) is 20.5 Å². The first kappa shape index (κ1) is 20.4. The fourth-order valence-electron chi connectivity index (χ4n) is 4.00. The molecule has 0 radical (unpaired) electrons. The lowest BCUT2D eigenvalue weighted by molar-refractivity contribution is -0.122. The fourth-order valence-corrected chi connectivity index (χ4v) is 4.84. The molecule has 3 aromatic rings. The summed E-state index contributed by atoms with van der Waals surface area (Å²) >= 11 is 1.28. The largest absolute Gasteiger partial charge is 0.494 e. The van der Waals surface area contributed by atoms with Crippen molar-refractivity contribution in [3.63, 3.8) is 0 Å². The van der Waals surface area contributed by atoms with E-state index in [0.717, 1.165) is 31.2 Å². The number of nitrogens with zero attached hydrogens (tertiary/aromatic N) is 2. The standard InChI is InChI=1S/C22H25N3O4S/c1-2-29-17-9-5-6-15(12-17)13-25-21(27)20-18(10-11-30-20)24(22(25)28)14-19(26)23-16-7-3-4-8-16/h5-6,9-12,16H,2-4,7-8,13-14H2,1H3,(H,23,26). The number of hydrogen-bond donors (Lipinski definition) is 1. The van der Waals surface area contributed by atoms with Crippen LogP contribution in [0.3, 0.4) is 0 Å². The minimum absolute atomic E-state index is 0.0954. The molecule has 7 nitrogen and oxygen atoms in total. The van der Waals surface area contributed by atoms with Crippen molar-refractivity contribution < 1.29 is 9.53 Å². The first-order valence-corrected chi connectivity index (χ1v) is 11.2. The maximum atomic E-state index is 13.2. The topological polar surface area (TPSA) is 82.3 Å². The number of hydrogen-bond acceptors (Lipinski definition) is 5. The van der Waals surface area contributed by atoms with E-state index in [1.807, 2.05) is 31.2 Å². The Morgan fingerprint density at radius 2 is 2.00 bits per heavy atom. The highest BCUT2D eigenvalue weighted by molar-refractivity contribution is 7.17. The lowest BCUT2D eigenvalue weighted by Gasteiger charge is -2.15. The summed E-state index contributed by atoms with van der Waals surface area (Å²) in [6.07, 6.45) is 4.19. The number of thiophene rings is 1. The number of carbonyl (C=O) groups excluding carboxylic acids is 1. The van der Waals surface area contributed by atoms with Gasteiger partial charge >= 0.3 is 5.69 Å². The first-order valence-electron chi connectivity index (χ1n) is 10.3. The predicted octanol–water partition coefficient (Wildman–Crippen LogP) is 2.73. The summed E-state index contributed by atoms with van der Waals surface area (Å²) in [4.78, 5) is 38.8. The second kappa shape index (κ2) is 8.87. The normalized spacial score (nSPS) is 14.3. The van der Waals surface area contributed by atoms with Crippen molar-refractivity contribution in [2.24, 2.45) is 0 Å². The van der Waals surface area contributed by atoms with E-state index in [2.05, 4.69) is 5.32 Å². The van der Waals surface area contributed by atoms with Crippen molar-refractivity contribution in [3.05, 3.63) is 62.1 Å². The number of amides is 1. The Hall–Kier alpha value is -2.87. The minimum atomic E-state index is -0.478. The molecule has 2 heterocycles. The van der Waals surface area contributed by atoms with Gasteiger partial charge in [0, 0.05) is 6.04 Å². The highest BCUT2D eigenvalue weighted by Gasteiger charge is 2.20. The third-order valence-electron chi connectivity index (χ3n) is 5.41. The Kier molecular flexibility index (Phi) is 6.03. The Morgan fingerprint density at radius 1 is 1.20 bits per heavy atom. The van der Waals surface area contributed by atoms with Crippen molar-refractivity contribution in [2.75, 3.05) is 6.61 Å². The number of rotatable bonds is 7. The summed E-state index contributed by atoms with van der Waals surface area (Å²) in [6.45, 7) is 2.46. The van der Waals surface area contributed by atoms with E-state index in [4.69, 9.17) is 4.74 Å². The van der Waals surface area contributed by atoms with E-state index in [-0.39, 0.29) is 30.6 Å². The van der Waals surface area contributed by atoms with Gasteiger partial charge in [-0.15, -0.1) is 11.3 Å². The summed E-state index contributed by atoms with van der Waals surface area (Å²) in [5.74, 6) is 0.497. The smallest absolute Gasteiger partial charge is 0.332 e. The molecule has 8 heteroatoms. The van der Waals surface area contributed by atoms with Gasteiger partial charge in [0.05, 0.1) is 18.7 Å². The quantitative estimate of drug-likeness (QED) is 0.629. The van der Waals surface area contributed by atoms with Crippen molar-refractivity contribution in [3.8, 4) is 5.75 Å². The molecular formula is C22H25N3O4S. The van der Waals surface area contributed by atoms with Crippen LogP contribution in [-0.4, -0.2) is 27.7 Å². The number of benzene rings is 1. The van der Waals surface area contributed by atoms with Gasteiger partial charge in [0.1, 0.15) is 17.0 Å². The van der Waals surface area contributed by atoms with Gasteiger partial charge < -0.3 is 10.1 Å². The monoisotopic (exact) mass is 427 g/mol. The maximum Gasteiger partial charge on any atom is 0.332 e. The average molecular weight is 428 g/mol. The summed E-state index contributed by atoms with van der Waals surface area (Å²) in [5, 5.41) is 4.79. The highest BCUT2D eigenvalue weighted by Crippen LogP contribution is 2.19. The molecule has 1 amide bonds. The molecule has 1 aliphatic carbocycles. The maximum absolute atomic E-state index is 13.2. The molecule has 1 saturated carbocycles. The zero-order valence-corrected chi connectivity index (χ0v) is 17.7. The number of fused-ring (bicyclic) bond motifs is 1. The summed E-state index contributed by atoms with van der Waals surface area (Å²) in [6, 6.07) is 9.26. The molecule has 0 spiro atoms. The number of carbonyl (C=O) groups is 1. The van der Waals surface area contributed by atoms with Gasteiger partial charge in [-0.2, -0.15) is 0 Å². The van der Waals surface area contributed by atoms with Gasteiger partial charge in [-0.05, 0) is 48.9 Å². The average Bonchev–Trinajstić information content (AvgIpc) is 3.41. The SMILES string of the molecule is CCOc1cccc(Cn2c(=O)c3sccc3n(CC(=O)NC3CCCC3)c2=O)c1. The van der Waals surface area contributed by atoms with Crippen LogP contribution >= 0.6 is 11.3 Å². The second-order valence-electron chi connectivity index (χ2n) is 7.52. The van der Waals surface area contributed by atoms with Crippen LogP contribution in [-0.2, 0) is 17.9 Å². The molecule has 0 unspecified atom stereocenters. The summed E-state index contributed by atoms with van der Waals surface area (Å²) in [7, 11) is 0. The highest BCUT2D eigenvalue weighted by atomic mass is 32.1. The number of nitrogens with one attached hydrogen (secondary N) is 1. The van der Waals surface area contributed by atoms with Gasteiger partial charge in [-0.25, -0.2) is 4.79 Å². The zero-order chi connectivity index (χ0) is 21.1. The van der Waals surface area contributed by atoms with E-state index in [1.54, 1.807) is 11.4 Å². The number of aromatic nitrogens is 2. The lowest BCUT2D eigenvalue weighted by Crippen LogP contribution is -2.43. The Morgan fingerprint density at radius 3 is 2.77 bits per heavy atom. The molecule has 30 heavy (non-hydrogen) atoms. The molecule has 1 fully saturated rings. The molecular weight excluding hydrogens is 402 g/mol. The van der Waals surface area contributed by atoms with Crippen LogP contribution in [0.2, 0.25) is 0 Å². The van der Waals surface area contributed by atoms with Crippen LogP contribution in [0.5, 0.6) is 5.75 Å². The van der Waals surface area contributed by atoms with Crippen molar-refractivity contribution >= 4 is 27.5 Å². The van der Waals surface area contributed by atoms with E-state index < -0.39 is 5.69 Å². The van der Waals surface area contributed by atoms with Crippen LogP contribution in [0.4, 0.5) is 0 Å². The molecule has 0 bridgehead atoms. The van der Waals surface area contributed by atoms with Gasteiger partial charge in [0.25, 0.3) is 5.56 Å². The molecule has 1 aromatic carbocycles. The number of ether oxygens (including phenoxy) is 1. The van der Waals surface area contributed by atoms with Crippen molar-refractivity contribution in [1.82, 2.24) is 14.5 Å². The molecule has 158 valence electrons. The molecule has 2 aromatic heterocycles. The van der Waals surface area contributed by atoms with Crippen LogP contribution in [0, 0.1) is 0 Å². The van der Waals surface area contributed by atoms with E-state index in [9.17, 15) is 14.4 Å². The Bertz CT molecular complexity index is 1170. The third kappa shape index (κ3) is 4.18. The predicted molar refractivity (Wildman–Crippen MR) is 117 cm³/mol. The molecule has 0 saturated heterocycles. The fraction of sp³-hybridized carbons (Fsp3) is 0.409. The van der Waals surface area contributed by atoms with Gasteiger partial charge in [-0.1, -0.05) is 25.0 Å². The lowest BCUT2D eigenvalue weighted by atomic mass is 10.2. The third-order valence-corrected chi connectivity index (χ3v) is 6.30. The van der Waals surface area contributed by atoms with Gasteiger partial charge in [0.15, 0.2) is 0 Å². The van der Waals surface area contributed by atoms with Crippen LogP contribution < -0.4 is 21.3 Å². The molecule has 4 rings (SSSR count). The summed E-state index contributed by atoms with van der Waals surface area (Å²) < 4.78 is 8.60.